The Balaban J connectivity index is 0.000000755. The molecular weight excluding hydrogens is 368 g/mol. The van der Waals surface area contributed by atoms with Crippen molar-refractivity contribution in [1.82, 2.24) is 4.90 Å². The highest BCUT2D eigenvalue weighted by atomic mass is 16.6. The van der Waals surface area contributed by atoms with E-state index in [1.807, 2.05) is 0 Å². The SMILES string of the molecule is Cc1ccc(N2CCN(CCC3OC(=O)CC34CCCCC4)CC2)cc1.O=CO. The second-order valence-corrected chi connectivity index (χ2v) is 8.64. The molecule has 1 atom stereocenters. The Morgan fingerprint density at radius 1 is 1.10 bits per heavy atom. The molecule has 2 heterocycles. The van der Waals surface area contributed by atoms with Gasteiger partial charge in [0.15, 0.2) is 0 Å². The molecule has 2 aliphatic heterocycles. The Bertz CT molecular complexity index is 662. The quantitative estimate of drug-likeness (QED) is 0.614. The summed E-state index contributed by atoms with van der Waals surface area (Å²) in [6.45, 7) is 7.30. The first-order valence-corrected chi connectivity index (χ1v) is 10.9. The molecule has 1 aliphatic carbocycles. The van der Waals surface area contributed by atoms with Crippen LogP contribution in [0.25, 0.3) is 0 Å². The van der Waals surface area contributed by atoms with Crippen molar-refractivity contribution in [3.05, 3.63) is 29.8 Å². The van der Waals surface area contributed by atoms with E-state index in [2.05, 4.69) is 41.0 Å². The molecule has 1 unspecified atom stereocenters. The van der Waals surface area contributed by atoms with Crippen LogP contribution < -0.4 is 4.90 Å². The minimum atomic E-state index is -0.250. The van der Waals surface area contributed by atoms with Crippen molar-refractivity contribution < 1.29 is 19.4 Å². The second-order valence-electron chi connectivity index (χ2n) is 8.64. The zero-order valence-electron chi connectivity index (χ0n) is 17.5. The molecule has 4 rings (SSSR count). The molecule has 0 amide bonds. The molecule has 0 bridgehead atoms. The number of hydrogen-bond donors (Lipinski definition) is 1. The van der Waals surface area contributed by atoms with E-state index in [1.165, 1.54) is 43.4 Å². The molecule has 1 saturated carbocycles. The standard InChI is InChI=1S/C22H32N2O2.CH2O2/c1-18-5-7-19(8-6-18)24-15-13-23(14-16-24)12-9-20-22(17-21(25)26-20)10-3-2-4-11-22;2-1-3/h5-8,20H,2-4,9-17H2,1H3;1H,(H,2,3). The molecule has 1 aromatic carbocycles. The van der Waals surface area contributed by atoms with Crippen LogP contribution in [0.1, 0.15) is 50.5 Å². The van der Waals surface area contributed by atoms with Crippen LogP contribution >= 0.6 is 0 Å². The van der Waals surface area contributed by atoms with Gasteiger partial charge in [-0.2, -0.15) is 0 Å². The minimum Gasteiger partial charge on any atom is -0.483 e. The summed E-state index contributed by atoms with van der Waals surface area (Å²) in [6, 6.07) is 8.85. The van der Waals surface area contributed by atoms with Crippen LogP contribution in [0.5, 0.6) is 0 Å². The number of esters is 1. The molecule has 1 N–H and O–H groups in total. The number of rotatable bonds is 4. The summed E-state index contributed by atoms with van der Waals surface area (Å²) in [7, 11) is 0. The fourth-order valence-electron chi connectivity index (χ4n) is 5.13. The van der Waals surface area contributed by atoms with Gasteiger partial charge in [-0.3, -0.25) is 14.5 Å². The van der Waals surface area contributed by atoms with Crippen LogP contribution in [0, 0.1) is 12.3 Å². The van der Waals surface area contributed by atoms with Crippen molar-refractivity contribution in [2.45, 2.75) is 58.0 Å². The monoisotopic (exact) mass is 402 g/mol. The van der Waals surface area contributed by atoms with Gasteiger partial charge in [-0.15, -0.1) is 0 Å². The fraction of sp³-hybridized carbons (Fsp3) is 0.652. The van der Waals surface area contributed by atoms with E-state index in [0.717, 1.165) is 39.1 Å². The summed E-state index contributed by atoms with van der Waals surface area (Å²) < 4.78 is 5.77. The lowest BCUT2D eigenvalue weighted by molar-refractivity contribution is -0.142. The molecular formula is C23H34N2O4. The number of ether oxygens (including phenoxy) is 1. The molecule has 1 aromatic rings. The van der Waals surface area contributed by atoms with Gasteiger partial charge in [0.25, 0.3) is 6.47 Å². The fourth-order valence-corrected chi connectivity index (χ4v) is 5.13. The van der Waals surface area contributed by atoms with Gasteiger partial charge in [0, 0.05) is 43.8 Å². The van der Waals surface area contributed by atoms with Gasteiger partial charge in [-0.05, 0) is 38.3 Å². The Morgan fingerprint density at radius 3 is 2.34 bits per heavy atom. The summed E-state index contributed by atoms with van der Waals surface area (Å²) >= 11 is 0. The normalized spacial score (nSPS) is 24.0. The molecule has 0 radical (unpaired) electrons. The van der Waals surface area contributed by atoms with Crippen molar-refractivity contribution in [3.8, 4) is 0 Å². The molecule has 29 heavy (non-hydrogen) atoms. The number of nitrogens with zero attached hydrogens (tertiary/aromatic N) is 2. The van der Waals surface area contributed by atoms with Crippen LogP contribution in [0.4, 0.5) is 5.69 Å². The van der Waals surface area contributed by atoms with E-state index in [1.54, 1.807) is 0 Å². The van der Waals surface area contributed by atoms with Gasteiger partial charge in [-0.25, -0.2) is 0 Å². The summed E-state index contributed by atoms with van der Waals surface area (Å²) in [4.78, 5) is 25.3. The average Bonchev–Trinajstić information content (AvgIpc) is 3.03. The van der Waals surface area contributed by atoms with Crippen molar-refractivity contribution in [2.24, 2.45) is 5.41 Å². The third-order valence-corrected chi connectivity index (χ3v) is 6.78. The highest BCUT2D eigenvalue weighted by molar-refractivity contribution is 5.73. The third kappa shape index (κ3) is 5.50. The summed E-state index contributed by atoms with van der Waals surface area (Å²) in [5, 5.41) is 6.89. The largest absolute Gasteiger partial charge is 0.483 e. The Kier molecular flexibility index (Phi) is 7.53. The third-order valence-electron chi connectivity index (χ3n) is 6.78. The van der Waals surface area contributed by atoms with Crippen molar-refractivity contribution in [3.63, 3.8) is 0 Å². The highest BCUT2D eigenvalue weighted by Gasteiger charge is 2.48. The number of benzene rings is 1. The summed E-state index contributed by atoms with van der Waals surface area (Å²) in [5.74, 6) is 0.0427. The molecule has 6 nitrogen and oxygen atoms in total. The zero-order chi connectivity index (χ0) is 20.7. The lowest BCUT2D eigenvalue weighted by Crippen LogP contribution is -2.47. The number of aryl methyl sites for hydroxylation is 1. The number of piperazine rings is 1. The molecule has 0 aromatic heterocycles. The zero-order valence-corrected chi connectivity index (χ0v) is 17.5. The first kappa shape index (κ1) is 21.6. The maximum absolute atomic E-state index is 12.0. The number of hydrogen-bond acceptors (Lipinski definition) is 5. The first-order valence-electron chi connectivity index (χ1n) is 10.9. The number of carbonyl (C=O) groups is 2. The van der Waals surface area contributed by atoms with Gasteiger partial charge in [0.05, 0.1) is 6.42 Å². The molecule has 160 valence electrons. The van der Waals surface area contributed by atoms with Crippen LogP contribution in [-0.4, -0.2) is 61.3 Å². The lowest BCUT2D eigenvalue weighted by Gasteiger charge is -2.39. The number of cyclic esters (lactones) is 1. The van der Waals surface area contributed by atoms with Crippen molar-refractivity contribution in [2.75, 3.05) is 37.6 Å². The maximum atomic E-state index is 12.0. The average molecular weight is 403 g/mol. The Labute approximate surface area is 173 Å². The van der Waals surface area contributed by atoms with E-state index < -0.39 is 0 Å². The van der Waals surface area contributed by atoms with Crippen LogP contribution in [0.3, 0.4) is 0 Å². The molecule has 6 heteroatoms. The minimum absolute atomic E-state index is 0.0427. The van der Waals surface area contributed by atoms with Gasteiger partial charge >= 0.3 is 5.97 Å². The molecule has 3 aliphatic rings. The van der Waals surface area contributed by atoms with E-state index in [9.17, 15) is 4.79 Å². The van der Waals surface area contributed by atoms with E-state index >= 15 is 0 Å². The predicted molar refractivity (Wildman–Crippen MR) is 113 cm³/mol. The van der Waals surface area contributed by atoms with Crippen molar-refractivity contribution >= 4 is 18.1 Å². The van der Waals surface area contributed by atoms with Gasteiger partial charge in [-0.1, -0.05) is 37.0 Å². The summed E-state index contributed by atoms with van der Waals surface area (Å²) in [6.07, 6.45) is 8.06. The molecule has 1 spiro atoms. The number of anilines is 1. The van der Waals surface area contributed by atoms with Crippen LogP contribution in [0.2, 0.25) is 0 Å². The van der Waals surface area contributed by atoms with Crippen LogP contribution in [0.15, 0.2) is 24.3 Å². The van der Waals surface area contributed by atoms with E-state index in [-0.39, 0.29) is 24.0 Å². The highest BCUT2D eigenvalue weighted by Crippen LogP contribution is 2.48. The van der Waals surface area contributed by atoms with Gasteiger partial charge in [0.2, 0.25) is 0 Å². The maximum Gasteiger partial charge on any atom is 0.306 e. The lowest BCUT2D eigenvalue weighted by atomic mass is 9.68. The van der Waals surface area contributed by atoms with Crippen molar-refractivity contribution in [1.29, 1.82) is 0 Å². The predicted octanol–water partition coefficient (Wildman–Crippen LogP) is 3.47. The molecule has 2 saturated heterocycles. The Morgan fingerprint density at radius 2 is 1.72 bits per heavy atom. The molecule has 3 fully saturated rings. The smallest absolute Gasteiger partial charge is 0.306 e. The van der Waals surface area contributed by atoms with E-state index in [4.69, 9.17) is 14.6 Å². The topological polar surface area (TPSA) is 70.1 Å². The van der Waals surface area contributed by atoms with Gasteiger partial charge in [0.1, 0.15) is 6.10 Å². The van der Waals surface area contributed by atoms with E-state index in [0.29, 0.717) is 6.42 Å². The first-order chi connectivity index (χ1) is 14.1. The van der Waals surface area contributed by atoms with Gasteiger partial charge < -0.3 is 14.7 Å². The second kappa shape index (κ2) is 10.1. The Hall–Kier alpha value is -2.08. The number of carboxylic acid groups (broad SMARTS) is 1. The number of carbonyl (C=O) groups excluding carboxylic acids is 1. The summed E-state index contributed by atoms with van der Waals surface area (Å²) in [5.41, 5.74) is 2.82. The van der Waals surface area contributed by atoms with Crippen LogP contribution in [-0.2, 0) is 14.3 Å².